The Hall–Kier alpha value is -1.58. The summed E-state index contributed by atoms with van der Waals surface area (Å²) in [4.78, 5) is 12.5. The molecule has 0 radical (unpaired) electrons. The molecule has 0 heterocycles. The van der Waals surface area contributed by atoms with Gasteiger partial charge in [-0.2, -0.15) is 0 Å². The highest BCUT2D eigenvalue weighted by Crippen LogP contribution is 2.25. The van der Waals surface area contributed by atoms with Gasteiger partial charge in [0.1, 0.15) is 0 Å². The maximum atomic E-state index is 12.5. The van der Waals surface area contributed by atoms with E-state index in [0.29, 0.717) is 13.1 Å². The monoisotopic (exact) mass is 320 g/mol. The number of hydrogen-bond donors (Lipinski definition) is 2. The maximum absolute atomic E-state index is 12.5. The number of nitrogens with two attached hydrogens (primary N) is 1. The first kappa shape index (κ1) is 18.5. The number of benzene rings is 2. The van der Waals surface area contributed by atoms with Crippen molar-refractivity contribution in [3.63, 3.8) is 0 Å². The molecule has 0 aromatic heterocycles. The van der Waals surface area contributed by atoms with Gasteiger partial charge in [-0.05, 0) is 29.2 Å². The Bertz CT molecular complexity index is 610. The van der Waals surface area contributed by atoms with Crippen LogP contribution in [0, 0.1) is 5.41 Å². The molecule has 0 spiro atoms. The Kier molecular flexibility index (Phi) is 6.85. The summed E-state index contributed by atoms with van der Waals surface area (Å²) in [7, 11) is 0. The van der Waals surface area contributed by atoms with Crippen molar-refractivity contribution in [3.05, 3.63) is 48.0 Å². The van der Waals surface area contributed by atoms with Crippen molar-refractivity contribution in [2.75, 3.05) is 6.54 Å². The van der Waals surface area contributed by atoms with Gasteiger partial charge in [-0.25, -0.2) is 0 Å². The standard InChI is InChI=1S/C18H24N2O.ClH/c1-3-18(4-2,13-19)17(21)20-12-15-10-7-9-14-8-5-6-11-16(14)15;/h5-11H,3-4,12-13,19H2,1-2H3,(H,20,21);1H. The fourth-order valence-corrected chi connectivity index (χ4v) is 2.76. The number of hydrogen-bond acceptors (Lipinski definition) is 2. The van der Waals surface area contributed by atoms with Gasteiger partial charge in [0.25, 0.3) is 0 Å². The van der Waals surface area contributed by atoms with E-state index in [9.17, 15) is 4.79 Å². The van der Waals surface area contributed by atoms with E-state index in [0.717, 1.165) is 18.4 Å². The molecule has 3 nitrogen and oxygen atoms in total. The summed E-state index contributed by atoms with van der Waals surface area (Å²) >= 11 is 0. The Morgan fingerprint density at radius 3 is 2.36 bits per heavy atom. The van der Waals surface area contributed by atoms with Crippen molar-refractivity contribution >= 4 is 29.1 Å². The van der Waals surface area contributed by atoms with E-state index in [1.165, 1.54) is 10.8 Å². The van der Waals surface area contributed by atoms with Crippen molar-refractivity contribution in [1.82, 2.24) is 5.32 Å². The summed E-state index contributed by atoms with van der Waals surface area (Å²) in [5, 5.41) is 5.45. The van der Waals surface area contributed by atoms with E-state index >= 15 is 0 Å². The SMILES string of the molecule is CCC(CC)(CN)C(=O)NCc1cccc2ccccc12.Cl. The highest BCUT2D eigenvalue weighted by Gasteiger charge is 2.32. The number of halogens is 1. The molecule has 0 saturated carbocycles. The molecule has 0 fully saturated rings. The van der Waals surface area contributed by atoms with Gasteiger partial charge in [0.2, 0.25) is 5.91 Å². The first-order valence-corrected chi connectivity index (χ1v) is 7.62. The van der Waals surface area contributed by atoms with E-state index < -0.39 is 5.41 Å². The highest BCUT2D eigenvalue weighted by molar-refractivity contribution is 5.87. The molecule has 0 unspecified atom stereocenters. The number of carbonyl (C=O) groups is 1. The molecule has 1 amide bonds. The van der Waals surface area contributed by atoms with Crippen LogP contribution in [-0.4, -0.2) is 12.5 Å². The molecular formula is C18H25ClN2O. The van der Waals surface area contributed by atoms with Crippen LogP contribution >= 0.6 is 12.4 Å². The molecule has 120 valence electrons. The van der Waals surface area contributed by atoms with Crippen LogP contribution in [0.15, 0.2) is 42.5 Å². The van der Waals surface area contributed by atoms with E-state index in [-0.39, 0.29) is 18.3 Å². The normalized spacial score (nSPS) is 11.0. The van der Waals surface area contributed by atoms with Crippen LogP contribution in [0.1, 0.15) is 32.3 Å². The minimum absolute atomic E-state index is 0. The summed E-state index contributed by atoms with van der Waals surface area (Å²) < 4.78 is 0. The van der Waals surface area contributed by atoms with Gasteiger partial charge in [-0.1, -0.05) is 56.3 Å². The van der Waals surface area contributed by atoms with Crippen molar-refractivity contribution in [2.24, 2.45) is 11.1 Å². The number of amides is 1. The lowest BCUT2D eigenvalue weighted by molar-refractivity contribution is -0.131. The number of carbonyl (C=O) groups excluding carboxylic acids is 1. The highest BCUT2D eigenvalue weighted by atomic mass is 35.5. The molecule has 2 aromatic rings. The van der Waals surface area contributed by atoms with E-state index in [4.69, 9.17) is 5.73 Å². The minimum Gasteiger partial charge on any atom is -0.351 e. The van der Waals surface area contributed by atoms with Crippen molar-refractivity contribution < 1.29 is 4.79 Å². The molecule has 4 heteroatoms. The fraction of sp³-hybridized carbons (Fsp3) is 0.389. The largest absolute Gasteiger partial charge is 0.351 e. The van der Waals surface area contributed by atoms with Gasteiger partial charge in [0.15, 0.2) is 0 Å². The minimum atomic E-state index is -0.440. The van der Waals surface area contributed by atoms with Crippen LogP contribution in [0.3, 0.4) is 0 Å². The van der Waals surface area contributed by atoms with Gasteiger partial charge in [0, 0.05) is 13.1 Å². The lowest BCUT2D eigenvalue weighted by Gasteiger charge is -2.28. The van der Waals surface area contributed by atoms with E-state index in [1.54, 1.807) is 0 Å². The molecular weight excluding hydrogens is 296 g/mol. The first-order chi connectivity index (χ1) is 10.2. The summed E-state index contributed by atoms with van der Waals surface area (Å²) in [6.45, 7) is 4.98. The van der Waals surface area contributed by atoms with Crippen molar-refractivity contribution in [2.45, 2.75) is 33.2 Å². The molecule has 0 saturated heterocycles. The molecule has 22 heavy (non-hydrogen) atoms. The fourth-order valence-electron chi connectivity index (χ4n) is 2.76. The summed E-state index contributed by atoms with van der Waals surface area (Å²) in [5.41, 5.74) is 6.53. The quantitative estimate of drug-likeness (QED) is 0.853. The predicted octanol–water partition coefficient (Wildman–Crippen LogP) is 3.64. The molecule has 2 rings (SSSR count). The second kappa shape index (κ2) is 8.16. The molecule has 0 aliphatic rings. The molecule has 2 aromatic carbocycles. The molecule has 3 N–H and O–H groups in total. The van der Waals surface area contributed by atoms with Crippen LogP contribution in [0.25, 0.3) is 10.8 Å². The molecule has 0 atom stereocenters. The van der Waals surface area contributed by atoms with Crippen LogP contribution in [0.5, 0.6) is 0 Å². The summed E-state index contributed by atoms with van der Waals surface area (Å²) in [6.07, 6.45) is 1.53. The molecule has 0 aliphatic carbocycles. The third-order valence-corrected chi connectivity index (χ3v) is 4.55. The Labute approximate surface area is 138 Å². The zero-order valence-electron chi connectivity index (χ0n) is 13.3. The average molecular weight is 321 g/mol. The average Bonchev–Trinajstić information content (AvgIpc) is 2.55. The first-order valence-electron chi connectivity index (χ1n) is 7.62. The maximum Gasteiger partial charge on any atom is 0.227 e. The van der Waals surface area contributed by atoms with E-state index in [2.05, 4.69) is 29.6 Å². The van der Waals surface area contributed by atoms with Gasteiger partial charge in [0.05, 0.1) is 5.41 Å². The number of fused-ring (bicyclic) bond motifs is 1. The Balaban J connectivity index is 0.00000242. The van der Waals surface area contributed by atoms with Gasteiger partial charge in [-0.15, -0.1) is 12.4 Å². The third kappa shape index (κ3) is 3.60. The van der Waals surface area contributed by atoms with E-state index in [1.807, 2.05) is 32.0 Å². The predicted molar refractivity (Wildman–Crippen MR) is 95.1 cm³/mol. The number of rotatable bonds is 6. The zero-order valence-corrected chi connectivity index (χ0v) is 14.1. The lowest BCUT2D eigenvalue weighted by atomic mass is 9.81. The molecule has 0 aliphatic heterocycles. The van der Waals surface area contributed by atoms with Gasteiger partial charge >= 0.3 is 0 Å². The Morgan fingerprint density at radius 2 is 1.73 bits per heavy atom. The third-order valence-electron chi connectivity index (χ3n) is 4.55. The topological polar surface area (TPSA) is 55.1 Å². The van der Waals surface area contributed by atoms with Crippen LogP contribution in [0.4, 0.5) is 0 Å². The summed E-state index contributed by atoms with van der Waals surface area (Å²) in [6, 6.07) is 14.4. The van der Waals surface area contributed by atoms with Gasteiger partial charge in [-0.3, -0.25) is 4.79 Å². The Morgan fingerprint density at radius 1 is 1.09 bits per heavy atom. The summed E-state index contributed by atoms with van der Waals surface area (Å²) in [5.74, 6) is 0.0583. The zero-order chi connectivity index (χ0) is 15.3. The smallest absolute Gasteiger partial charge is 0.227 e. The number of nitrogens with one attached hydrogen (secondary N) is 1. The second-order valence-electron chi connectivity index (χ2n) is 5.51. The lowest BCUT2D eigenvalue weighted by Crippen LogP contribution is -2.45. The second-order valence-corrected chi connectivity index (χ2v) is 5.51. The van der Waals surface area contributed by atoms with Crippen LogP contribution < -0.4 is 11.1 Å². The van der Waals surface area contributed by atoms with Crippen molar-refractivity contribution in [1.29, 1.82) is 0 Å². The van der Waals surface area contributed by atoms with Gasteiger partial charge < -0.3 is 11.1 Å². The van der Waals surface area contributed by atoms with Crippen LogP contribution in [-0.2, 0) is 11.3 Å². The van der Waals surface area contributed by atoms with Crippen LogP contribution in [0.2, 0.25) is 0 Å². The molecule has 0 bridgehead atoms. The van der Waals surface area contributed by atoms with Crippen molar-refractivity contribution in [3.8, 4) is 0 Å².